The summed E-state index contributed by atoms with van der Waals surface area (Å²) in [6.07, 6.45) is 0.690. The molecule has 2 aromatic heterocycles. The number of rotatable bonds is 9. The third-order valence-electron chi connectivity index (χ3n) is 4.72. The van der Waals surface area contributed by atoms with E-state index >= 15 is 0 Å². The highest BCUT2D eigenvalue weighted by atomic mass is 32.2. The van der Waals surface area contributed by atoms with Gasteiger partial charge in [-0.15, -0.1) is 0 Å². The van der Waals surface area contributed by atoms with Crippen LogP contribution in [0.2, 0.25) is 0 Å². The molecule has 0 bridgehead atoms. The molecule has 0 saturated carbocycles. The van der Waals surface area contributed by atoms with Gasteiger partial charge in [-0.3, -0.25) is 9.48 Å². The SMILES string of the molecule is Cc1cc(C)n(CCCNC(=O)[C@H](NS(=O)(=O)c2cccc3nsnc23)C(C)C)n1. The van der Waals surface area contributed by atoms with Crippen molar-refractivity contribution < 1.29 is 13.2 Å². The first-order valence-corrected chi connectivity index (χ1v) is 11.9. The summed E-state index contributed by atoms with van der Waals surface area (Å²) in [6.45, 7) is 8.62. The van der Waals surface area contributed by atoms with Crippen LogP contribution >= 0.6 is 11.7 Å². The largest absolute Gasteiger partial charge is 0.355 e. The molecular weight excluding hydrogens is 424 g/mol. The molecule has 0 saturated heterocycles. The maximum absolute atomic E-state index is 13.0. The average Bonchev–Trinajstić information content (AvgIpc) is 3.28. The molecule has 0 aliphatic rings. The maximum Gasteiger partial charge on any atom is 0.243 e. The minimum absolute atomic E-state index is 0.0247. The second-order valence-corrected chi connectivity index (χ2v) is 9.74. The van der Waals surface area contributed by atoms with Gasteiger partial charge in [0.1, 0.15) is 22.0 Å². The van der Waals surface area contributed by atoms with E-state index in [1.54, 1.807) is 26.0 Å². The van der Waals surface area contributed by atoms with Crippen molar-refractivity contribution in [2.45, 2.75) is 51.6 Å². The van der Waals surface area contributed by atoms with E-state index < -0.39 is 16.1 Å². The number of carbonyl (C=O) groups excluding carboxylic acids is 1. The molecular formula is C19H26N6O3S2. The summed E-state index contributed by atoms with van der Waals surface area (Å²) < 4.78 is 38.5. The first kappa shape index (κ1) is 22.3. The number of amides is 1. The zero-order valence-corrected chi connectivity index (χ0v) is 19.0. The minimum atomic E-state index is -3.94. The number of aromatic nitrogens is 4. The number of carbonyl (C=O) groups is 1. The topological polar surface area (TPSA) is 119 Å². The summed E-state index contributed by atoms with van der Waals surface area (Å²) in [7, 11) is -3.94. The standard InChI is InChI=1S/C19H26N6O3S2/c1-12(2)17(19(26)20-9-6-10-25-14(4)11-13(3)21-25)24-30(27,28)16-8-5-7-15-18(16)23-29-22-15/h5,7-8,11-12,17,24H,6,9-10H2,1-4H3,(H,20,26)/t17-/m1/s1. The molecule has 30 heavy (non-hydrogen) atoms. The number of nitrogens with one attached hydrogen (secondary N) is 2. The van der Waals surface area contributed by atoms with E-state index in [1.807, 2.05) is 24.6 Å². The van der Waals surface area contributed by atoms with E-state index in [4.69, 9.17) is 0 Å². The Morgan fingerprint density at radius 2 is 2.00 bits per heavy atom. The molecule has 0 radical (unpaired) electrons. The predicted octanol–water partition coefficient (Wildman–Crippen LogP) is 2.01. The molecule has 3 aromatic rings. The van der Waals surface area contributed by atoms with E-state index in [-0.39, 0.29) is 16.7 Å². The van der Waals surface area contributed by atoms with E-state index in [9.17, 15) is 13.2 Å². The van der Waals surface area contributed by atoms with Gasteiger partial charge in [-0.1, -0.05) is 19.9 Å². The van der Waals surface area contributed by atoms with Crippen LogP contribution in [0.1, 0.15) is 31.7 Å². The molecule has 9 nitrogen and oxygen atoms in total. The van der Waals surface area contributed by atoms with E-state index in [1.165, 1.54) is 6.07 Å². The Hall–Kier alpha value is -2.37. The molecule has 11 heteroatoms. The van der Waals surface area contributed by atoms with Gasteiger partial charge in [0.2, 0.25) is 15.9 Å². The molecule has 0 spiro atoms. The molecule has 2 N–H and O–H groups in total. The van der Waals surface area contributed by atoms with E-state index in [0.29, 0.717) is 30.5 Å². The van der Waals surface area contributed by atoms with Gasteiger partial charge in [-0.05, 0) is 44.4 Å². The Labute approximate surface area is 180 Å². The van der Waals surface area contributed by atoms with Gasteiger partial charge in [-0.2, -0.15) is 18.6 Å². The molecule has 3 rings (SSSR count). The Balaban J connectivity index is 1.64. The highest BCUT2D eigenvalue weighted by molar-refractivity contribution is 7.89. The summed E-state index contributed by atoms with van der Waals surface area (Å²) in [6, 6.07) is 5.89. The monoisotopic (exact) mass is 450 g/mol. The fourth-order valence-corrected chi connectivity index (χ4v) is 5.28. The van der Waals surface area contributed by atoms with Crippen LogP contribution < -0.4 is 10.0 Å². The molecule has 0 aliphatic heterocycles. The fraction of sp³-hybridized carbons (Fsp3) is 0.474. The highest BCUT2D eigenvalue weighted by Crippen LogP contribution is 2.21. The van der Waals surface area contributed by atoms with Gasteiger partial charge >= 0.3 is 0 Å². The smallest absolute Gasteiger partial charge is 0.243 e. The maximum atomic E-state index is 13.0. The number of aryl methyl sites for hydroxylation is 3. The summed E-state index contributed by atoms with van der Waals surface area (Å²) >= 11 is 0.950. The number of sulfonamides is 1. The van der Waals surface area contributed by atoms with Crippen molar-refractivity contribution in [1.29, 1.82) is 0 Å². The molecule has 1 atom stereocenters. The zero-order chi connectivity index (χ0) is 21.9. The average molecular weight is 451 g/mol. The van der Waals surface area contributed by atoms with Gasteiger partial charge in [0, 0.05) is 18.8 Å². The fourth-order valence-electron chi connectivity index (χ4n) is 3.17. The van der Waals surface area contributed by atoms with Crippen molar-refractivity contribution in [3.05, 3.63) is 35.7 Å². The van der Waals surface area contributed by atoms with Crippen molar-refractivity contribution in [3.8, 4) is 0 Å². The molecule has 1 amide bonds. The second kappa shape index (κ2) is 9.19. The van der Waals surface area contributed by atoms with Gasteiger partial charge in [0.05, 0.1) is 17.4 Å². The van der Waals surface area contributed by atoms with Crippen LogP contribution in [0.3, 0.4) is 0 Å². The second-order valence-electron chi connectivity index (χ2n) is 7.53. The van der Waals surface area contributed by atoms with Gasteiger partial charge in [0.25, 0.3) is 0 Å². The lowest BCUT2D eigenvalue weighted by Gasteiger charge is -2.21. The quantitative estimate of drug-likeness (QED) is 0.482. The summed E-state index contributed by atoms with van der Waals surface area (Å²) in [5.74, 6) is -0.589. The highest BCUT2D eigenvalue weighted by Gasteiger charge is 2.29. The van der Waals surface area contributed by atoms with Crippen LogP contribution in [0.15, 0.2) is 29.2 Å². The van der Waals surface area contributed by atoms with Crippen LogP contribution in [0, 0.1) is 19.8 Å². The first-order valence-electron chi connectivity index (χ1n) is 9.71. The lowest BCUT2D eigenvalue weighted by Crippen LogP contribution is -2.49. The summed E-state index contributed by atoms with van der Waals surface area (Å²) in [5.41, 5.74) is 2.84. The minimum Gasteiger partial charge on any atom is -0.355 e. The molecule has 1 aromatic carbocycles. The van der Waals surface area contributed by atoms with Crippen molar-refractivity contribution in [2.75, 3.05) is 6.54 Å². The number of hydrogen-bond acceptors (Lipinski definition) is 7. The van der Waals surface area contributed by atoms with Crippen molar-refractivity contribution >= 4 is 38.7 Å². The van der Waals surface area contributed by atoms with Gasteiger partial charge in [0.15, 0.2) is 0 Å². The normalized spacial score (nSPS) is 13.1. The number of hydrogen-bond donors (Lipinski definition) is 2. The lowest BCUT2D eigenvalue weighted by atomic mass is 10.1. The molecule has 0 unspecified atom stereocenters. The molecule has 0 fully saturated rings. The van der Waals surface area contributed by atoms with Crippen molar-refractivity contribution in [3.63, 3.8) is 0 Å². The van der Waals surface area contributed by atoms with Gasteiger partial charge < -0.3 is 5.32 Å². The van der Waals surface area contributed by atoms with Crippen molar-refractivity contribution in [1.82, 2.24) is 28.6 Å². The third-order valence-corrected chi connectivity index (χ3v) is 6.73. The predicted molar refractivity (Wildman–Crippen MR) is 116 cm³/mol. The van der Waals surface area contributed by atoms with Crippen molar-refractivity contribution in [2.24, 2.45) is 5.92 Å². The first-order chi connectivity index (χ1) is 14.2. The zero-order valence-electron chi connectivity index (χ0n) is 17.4. The van der Waals surface area contributed by atoms with Gasteiger partial charge in [-0.25, -0.2) is 8.42 Å². The molecule has 2 heterocycles. The molecule has 0 aliphatic carbocycles. The van der Waals surface area contributed by atoms with E-state index in [0.717, 1.165) is 23.1 Å². The van der Waals surface area contributed by atoms with Crippen LogP contribution in [0.5, 0.6) is 0 Å². The van der Waals surface area contributed by atoms with Crippen LogP contribution in [-0.4, -0.2) is 45.4 Å². The van der Waals surface area contributed by atoms with E-state index in [2.05, 4.69) is 23.9 Å². The third kappa shape index (κ3) is 5.02. The van der Waals surface area contributed by atoms with Crippen LogP contribution in [0.4, 0.5) is 0 Å². The molecule has 162 valence electrons. The number of nitrogens with zero attached hydrogens (tertiary/aromatic N) is 4. The Kier molecular flexibility index (Phi) is 6.84. The van der Waals surface area contributed by atoms with Crippen LogP contribution in [0.25, 0.3) is 11.0 Å². The van der Waals surface area contributed by atoms with Crippen LogP contribution in [-0.2, 0) is 21.4 Å². The Morgan fingerprint density at radius 1 is 1.23 bits per heavy atom. The number of fused-ring (bicyclic) bond motifs is 1. The summed E-state index contributed by atoms with van der Waals surface area (Å²) in [5, 5.41) is 7.23. The Bertz CT molecular complexity index is 1140. The summed E-state index contributed by atoms with van der Waals surface area (Å²) in [4.78, 5) is 12.7. The number of benzene rings is 1. The Morgan fingerprint density at radius 3 is 2.67 bits per heavy atom. The lowest BCUT2D eigenvalue weighted by molar-refractivity contribution is -0.123.